The van der Waals surface area contributed by atoms with Crippen LogP contribution < -0.4 is 15.1 Å². The van der Waals surface area contributed by atoms with E-state index in [1.54, 1.807) is 13.8 Å². The first-order chi connectivity index (χ1) is 14.8. The normalized spacial score (nSPS) is 30.5. The van der Waals surface area contributed by atoms with E-state index in [-0.39, 0.29) is 29.6 Å². The molecule has 3 heterocycles. The second-order valence-corrected chi connectivity index (χ2v) is 7.46. The highest BCUT2D eigenvalue weighted by Gasteiger charge is 2.49. The van der Waals surface area contributed by atoms with Crippen molar-refractivity contribution in [3.8, 4) is 28.6 Å². The van der Waals surface area contributed by atoms with E-state index >= 15 is 0 Å². The molecule has 0 radical (unpaired) electrons. The summed E-state index contributed by atoms with van der Waals surface area (Å²) >= 11 is 0. The largest absolute Gasteiger partial charge is 0.508 e. The molecule has 2 aliphatic rings. The monoisotopic (exact) mass is 436 g/mol. The molecular weight excluding hydrogens is 412 g/mol. The number of benzene rings is 1. The Hall–Kier alpha value is -2.63. The molecule has 31 heavy (non-hydrogen) atoms. The second-order valence-electron chi connectivity index (χ2n) is 7.46. The van der Waals surface area contributed by atoms with Gasteiger partial charge in [0.05, 0.1) is 25.3 Å². The zero-order chi connectivity index (χ0) is 22.3. The molecule has 0 unspecified atom stereocenters. The van der Waals surface area contributed by atoms with E-state index in [1.165, 1.54) is 31.4 Å². The van der Waals surface area contributed by atoms with Crippen LogP contribution in [-0.2, 0) is 14.2 Å². The van der Waals surface area contributed by atoms with Crippen molar-refractivity contribution in [2.45, 2.75) is 50.8 Å². The van der Waals surface area contributed by atoms with E-state index in [2.05, 4.69) is 0 Å². The van der Waals surface area contributed by atoms with Crippen molar-refractivity contribution >= 4 is 0 Å². The van der Waals surface area contributed by atoms with Crippen molar-refractivity contribution in [1.29, 1.82) is 0 Å². The van der Waals surface area contributed by atoms with Crippen molar-refractivity contribution < 1.29 is 43.4 Å². The number of phenols is 1. The Balaban J connectivity index is 1.69. The van der Waals surface area contributed by atoms with Gasteiger partial charge in [-0.05, 0) is 25.5 Å². The average Bonchev–Trinajstić information content (AvgIpc) is 2.71. The van der Waals surface area contributed by atoms with Crippen LogP contribution in [0.3, 0.4) is 0 Å². The van der Waals surface area contributed by atoms with Crippen molar-refractivity contribution in [2.75, 3.05) is 13.7 Å². The van der Waals surface area contributed by atoms with Gasteiger partial charge in [0, 0.05) is 12.1 Å². The fourth-order valence-corrected chi connectivity index (χ4v) is 3.76. The number of aryl methyl sites for hydroxylation is 1. The van der Waals surface area contributed by atoms with Crippen LogP contribution in [0.2, 0.25) is 0 Å². The summed E-state index contributed by atoms with van der Waals surface area (Å²) in [6, 6.07) is 5.45. The molecule has 4 rings (SSSR count). The molecule has 0 amide bonds. The number of methoxy groups -OCH3 is 1. The fraction of sp³-hybridized carbons (Fsp3) is 0.476. The van der Waals surface area contributed by atoms with Gasteiger partial charge in [0.15, 0.2) is 6.29 Å². The van der Waals surface area contributed by atoms with E-state index in [1.807, 2.05) is 0 Å². The van der Waals surface area contributed by atoms with Gasteiger partial charge in [0.1, 0.15) is 47.4 Å². The smallest absolute Gasteiger partial charge is 0.339 e. The number of aliphatic hydroxyl groups is 2. The zero-order valence-corrected chi connectivity index (χ0v) is 17.2. The van der Waals surface area contributed by atoms with Crippen molar-refractivity contribution in [3.05, 3.63) is 40.2 Å². The molecule has 3 N–H and O–H groups in total. The first-order valence-corrected chi connectivity index (χ1v) is 9.75. The molecule has 2 aromatic rings. The van der Waals surface area contributed by atoms with E-state index < -0.39 is 42.6 Å². The maximum atomic E-state index is 11.9. The van der Waals surface area contributed by atoms with Gasteiger partial charge in [0.2, 0.25) is 6.29 Å². The van der Waals surface area contributed by atoms with Crippen LogP contribution in [0.25, 0.3) is 11.3 Å². The van der Waals surface area contributed by atoms with Crippen LogP contribution in [0.15, 0.2) is 33.5 Å². The quantitative estimate of drug-likeness (QED) is 0.634. The Bertz CT molecular complexity index is 1000. The van der Waals surface area contributed by atoms with Gasteiger partial charge in [0.25, 0.3) is 0 Å². The van der Waals surface area contributed by atoms with E-state index in [0.717, 1.165) is 0 Å². The standard InChI is InChI=1S/C21H24O10/c1-9-4-11(22)5-13(17(9)14-6-12(26-3)7-16(23)29-14)30-21-19(25)18(24)20-15(31-21)8-27-10(2)28-20/h4-7,10,15,18-22,24-25H,8H2,1-3H3/t10-,15-,18-,19-,20-,21-/m1/s1. The molecule has 0 saturated carbocycles. The molecule has 0 aliphatic carbocycles. The number of hydrogen-bond donors (Lipinski definition) is 3. The lowest BCUT2D eigenvalue weighted by Crippen LogP contribution is -2.63. The average molecular weight is 436 g/mol. The summed E-state index contributed by atoms with van der Waals surface area (Å²) in [4.78, 5) is 11.9. The van der Waals surface area contributed by atoms with Gasteiger partial charge in [-0.15, -0.1) is 0 Å². The Morgan fingerprint density at radius 3 is 2.61 bits per heavy atom. The minimum atomic E-state index is -1.45. The summed E-state index contributed by atoms with van der Waals surface area (Å²) in [5.41, 5.74) is 0.255. The van der Waals surface area contributed by atoms with Crippen LogP contribution >= 0.6 is 0 Å². The van der Waals surface area contributed by atoms with Gasteiger partial charge >= 0.3 is 5.63 Å². The van der Waals surface area contributed by atoms with Gasteiger partial charge < -0.3 is 43.4 Å². The summed E-state index contributed by atoms with van der Waals surface area (Å²) < 4.78 is 33.0. The Labute approximate surface area is 177 Å². The van der Waals surface area contributed by atoms with Crippen LogP contribution in [-0.4, -0.2) is 66.0 Å². The molecule has 2 aliphatic heterocycles. The predicted molar refractivity (Wildman–Crippen MR) is 105 cm³/mol. The highest BCUT2D eigenvalue weighted by Crippen LogP contribution is 2.39. The predicted octanol–water partition coefficient (Wildman–Crippen LogP) is 0.916. The molecule has 1 aromatic carbocycles. The van der Waals surface area contributed by atoms with Crippen molar-refractivity contribution in [3.63, 3.8) is 0 Å². The third-order valence-corrected chi connectivity index (χ3v) is 5.24. The Kier molecular flexibility index (Phi) is 5.91. The molecule has 0 bridgehead atoms. The van der Waals surface area contributed by atoms with E-state index in [0.29, 0.717) is 11.1 Å². The van der Waals surface area contributed by atoms with Crippen molar-refractivity contribution in [2.24, 2.45) is 0 Å². The maximum absolute atomic E-state index is 11.9. The molecule has 1 aromatic heterocycles. The highest BCUT2D eigenvalue weighted by atomic mass is 16.8. The molecule has 2 fully saturated rings. The SMILES string of the molecule is COc1cc(-c2c(C)cc(O)cc2O[C@@H]2O[C@@H]3CO[C@@H](C)O[C@H]3[C@H](O)[C@H]2O)oc(=O)c1. The minimum absolute atomic E-state index is 0.0783. The number of fused-ring (bicyclic) bond motifs is 1. The number of phenolic OH excluding ortho intramolecular Hbond substituents is 1. The number of aromatic hydroxyl groups is 1. The van der Waals surface area contributed by atoms with Crippen LogP contribution in [0, 0.1) is 6.92 Å². The first-order valence-electron chi connectivity index (χ1n) is 9.75. The summed E-state index contributed by atoms with van der Waals surface area (Å²) in [6.45, 7) is 3.52. The molecule has 10 heteroatoms. The van der Waals surface area contributed by atoms with Gasteiger partial charge in [-0.1, -0.05) is 0 Å². The lowest BCUT2D eigenvalue weighted by atomic mass is 9.98. The first kappa shape index (κ1) is 21.6. The summed E-state index contributed by atoms with van der Waals surface area (Å²) in [5, 5.41) is 31.2. The summed E-state index contributed by atoms with van der Waals surface area (Å²) in [6.07, 6.45) is -6.02. The topological polar surface area (TPSA) is 137 Å². The van der Waals surface area contributed by atoms with Gasteiger partial charge in [-0.25, -0.2) is 4.79 Å². The number of ether oxygens (including phenoxy) is 5. The van der Waals surface area contributed by atoms with Crippen LogP contribution in [0.4, 0.5) is 0 Å². The zero-order valence-electron chi connectivity index (χ0n) is 17.2. The van der Waals surface area contributed by atoms with E-state index in [4.69, 9.17) is 28.1 Å². The Morgan fingerprint density at radius 2 is 1.87 bits per heavy atom. The molecule has 168 valence electrons. The number of aliphatic hydroxyl groups excluding tert-OH is 2. The van der Waals surface area contributed by atoms with E-state index in [9.17, 15) is 20.1 Å². The second kappa shape index (κ2) is 8.48. The molecule has 2 saturated heterocycles. The lowest BCUT2D eigenvalue weighted by molar-refractivity contribution is -0.343. The highest BCUT2D eigenvalue weighted by molar-refractivity contribution is 5.72. The Morgan fingerprint density at radius 1 is 1.10 bits per heavy atom. The minimum Gasteiger partial charge on any atom is -0.508 e. The van der Waals surface area contributed by atoms with Crippen LogP contribution in [0.1, 0.15) is 12.5 Å². The number of rotatable bonds is 4. The molecule has 6 atom stereocenters. The van der Waals surface area contributed by atoms with Crippen LogP contribution in [0.5, 0.6) is 17.2 Å². The third-order valence-electron chi connectivity index (χ3n) is 5.24. The number of hydrogen-bond acceptors (Lipinski definition) is 10. The molecule has 10 nitrogen and oxygen atoms in total. The molecular formula is C21H24O10. The molecule has 0 spiro atoms. The van der Waals surface area contributed by atoms with Crippen molar-refractivity contribution in [1.82, 2.24) is 0 Å². The van der Waals surface area contributed by atoms with Gasteiger partial charge in [-0.3, -0.25) is 0 Å². The lowest BCUT2D eigenvalue weighted by Gasteiger charge is -2.45. The maximum Gasteiger partial charge on any atom is 0.339 e. The van der Waals surface area contributed by atoms with Gasteiger partial charge in [-0.2, -0.15) is 0 Å². The third kappa shape index (κ3) is 4.25. The fourth-order valence-electron chi connectivity index (χ4n) is 3.76. The summed E-state index contributed by atoms with van der Waals surface area (Å²) in [5.74, 6) is 0.388. The summed E-state index contributed by atoms with van der Waals surface area (Å²) in [7, 11) is 1.42.